The smallest absolute Gasteiger partial charge is 0.409 e. The summed E-state index contributed by atoms with van der Waals surface area (Å²) in [6, 6.07) is 7.05. The lowest BCUT2D eigenvalue weighted by Gasteiger charge is -2.35. The van der Waals surface area contributed by atoms with Crippen LogP contribution in [0.3, 0.4) is 0 Å². The van der Waals surface area contributed by atoms with Gasteiger partial charge in [-0.05, 0) is 31.5 Å². The Morgan fingerprint density at radius 1 is 1.17 bits per heavy atom. The SMILES string of the molecule is CCNC(=NCc1ccc(O)cc1)N1CCN(C(=O)OCC)CC1. The number of nitrogens with one attached hydrogen (secondary N) is 1. The van der Waals surface area contributed by atoms with Crippen LogP contribution < -0.4 is 5.32 Å². The quantitative estimate of drug-likeness (QED) is 0.646. The summed E-state index contributed by atoms with van der Waals surface area (Å²) >= 11 is 0. The molecule has 2 rings (SSSR count). The van der Waals surface area contributed by atoms with Crippen LogP contribution in [0.4, 0.5) is 4.79 Å². The van der Waals surface area contributed by atoms with Crippen molar-refractivity contribution in [3.63, 3.8) is 0 Å². The molecule has 0 saturated carbocycles. The van der Waals surface area contributed by atoms with Gasteiger partial charge in [0.1, 0.15) is 5.75 Å². The van der Waals surface area contributed by atoms with Gasteiger partial charge in [0.2, 0.25) is 0 Å². The molecule has 2 N–H and O–H groups in total. The van der Waals surface area contributed by atoms with Crippen LogP contribution in [0.1, 0.15) is 19.4 Å². The van der Waals surface area contributed by atoms with Crippen molar-refractivity contribution in [2.75, 3.05) is 39.3 Å². The summed E-state index contributed by atoms with van der Waals surface area (Å²) in [5, 5.41) is 12.6. The summed E-state index contributed by atoms with van der Waals surface area (Å²) in [5.74, 6) is 1.10. The Balaban J connectivity index is 1.94. The van der Waals surface area contributed by atoms with Crippen molar-refractivity contribution in [3.05, 3.63) is 29.8 Å². The average molecular weight is 334 g/mol. The topological polar surface area (TPSA) is 77.4 Å². The molecule has 1 heterocycles. The number of piperazine rings is 1. The Kier molecular flexibility index (Phi) is 6.72. The van der Waals surface area contributed by atoms with Crippen LogP contribution in [-0.2, 0) is 11.3 Å². The minimum atomic E-state index is -0.247. The molecule has 0 bridgehead atoms. The Morgan fingerprint density at radius 2 is 1.79 bits per heavy atom. The van der Waals surface area contributed by atoms with Gasteiger partial charge < -0.3 is 25.0 Å². The zero-order valence-corrected chi connectivity index (χ0v) is 14.4. The molecule has 0 atom stereocenters. The second-order valence-corrected chi connectivity index (χ2v) is 5.51. The molecule has 0 radical (unpaired) electrons. The summed E-state index contributed by atoms with van der Waals surface area (Å²) in [5.41, 5.74) is 1.04. The highest BCUT2D eigenvalue weighted by Gasteiger charge is 2.23. The van der Waals surface area contributed by atoms with E-state index in [9.17, 15) is 9.90 Å². The van der Waals surface area contributed by atoms with Crippen LogP contribution in [-0.4, -0.2) is 66.3 Å². The fourth-order valence-corrected chi connectivity index (χ4v) is 2.51. The molecule has 24 heavy (non-hydrogen) atoms. The minimum absolute atomic E-state index is 0.247. The highest BCUT2D eigenvalue weighted by Crippen LogP contribution is 2.11. The highest BCUT2D eigenvalue weighted by atomic mass is 16.6. The van der Waals surface area contributed by atoms with Crippen LogP contribution in [0.25, 0.3) is 0 Å². The molecular formula is C17H26N4O3. The predicted octanol–water partition coefficient (Wildman–Crippen LogP) is 1.63. The summed E-state index contributed by atoms with van der Waals surface area (Å²) in [6.07, 6.45) is -0.247. The zero-order chi connectivity index (χ0) is 17.4. The maximum Gasteiger partial charge on any atom is 0.409 e. The van der Waals surface area contributed by atoms with Gasteiger partial charge in [0, 0.05) is 32.7 Å². The lowest BCUT2D eigenvalue weighted by atomic mass is 10.2. The van der Waals surface area contributed by atoms with E-state index in [2.05, 4.69) is 15.2 Å². The molecule has 1 aliphatic heterocycles. The highest BCUT2D eigenvalue weighted by molar-refractivity contribution is 5.80. The number of benzene rings is 1. The van der Waals surface area contributed by atoms with Gasteiger partial charge in [-0.15, -0.1) is 0 Å². The van der Waals surface area contributed by atoms with E-state index in [1.54, 1.807) is 17.0 Å². The maximum atomic E-state index is 11.8. The van der Waals surface area contributed by atoms with Gasteiger partial charge in [0.05, 0.1) is 13.2 Å². The van der Waals surface area contributed by atoms with Gasteiger partial charge in [0.15, 0.2) is 5.96 Å². The van der Waals surface area contributed by atoms with Crippen LogP contribution in [0, 0.1) is 0 Å². The van der Waals surface area contributed by atoms with E-state index in [0.29, 0.717) is 26.2 Å². The number of aliphatic imine (C=N–C) groups is 1. The number of guanidine groups is 1. The van der Waals surface area contributed by atoms with Crippen LogP contribution >= 0.6 is 0 Å². The summed E-state index contributed by atoms with van der Waals surface area (Å²) < 4.78 is 5.04. The lowest BCUT2D eigenvalue weighted by Crippen LogP contribution is -2.53. The molecule has 1 aromatic carbocycles. The van der Waals surface area contributed by atoms with Crippen LogP contribution in [0.5, 0.6) is 5.75 Å². The summed E-state index contributed by atoms with van der Waals surface area (Å²) in [6.45, 7) is 8.27. The van der Waals surface area contributed by atoms with Crippen molar-refractivity contribution in [1.29, 1.82) is 0 Å². The number of amides is 1. The molecule has 0 unspecified atom stereocenters. The standard InChI is InChI=1S/C17H26N4O3/c1-3-18-16(19-13-14-5-7-15(22)8-6-14)20-9-11-21(12-10-20)17(23)24-4-2/h5-8,22H,3-4,9-13H2,1-2H3,(H,18,19). The average Bonchev–Trinajstić information content (AvgIpc) is 2.60. The van der Waals surface area contributed by atoms with Crippen LogP contribution in [0.15, 0.2) is 29.3 Å². The normalized spacial score (nSPS) is 15.3. The zero-order valence-electron chi connectivity index (χ0n) is 14.4. The molecule has 0 aromatic heterocycles. The molecule has 0 spiro atoms. The van der Waals surface area contributed by atoms with E-state index in [4.69, 9.17) is 4.74 Å². The van der Waals surface area contributed by atoms with Gasteiger partial charge in [-0.25, -0.2) is 9.79 Å². The monoisotopic (exact) mass is 334 g/mol. The number of hydrogen-bond acceptors (Lipinski definition) is 4. The Labute approximate surface area is 142 Å². The van der Waals surface area contributed by atoms with Crippen molar-refractivity contribution in [1.82, 2.24) is 15.1 Å². The third-order valence-corrected chi connectivity index (χ3v) is 3.79. The maximum absolute atomic E-state index is 11.8. The molecule has 1 saturated heterocycles. The molecule has 1 aromatic rings. The Hall–Kier alpha value is -2.44. The van der Waals surface area contributed by atoms with E-state index >= 15 is 0 Å². The number of ether oxygens (including phenoxy) is 1. The minimum Gasteiger partial charge on any atom is -0.508 e. The first-order valence-corrected chi connectivity index (χ1v) is 8.37. The molecule has 0 aliphatic carbocycles. The number of hydrogen-bond donors (Lipinski definition) is 2. The van der Waals surface area contributed by atoms with Crippen LogP contribution in [0.2, 0.25) is 0 Å². The summed E-state index contributed by atoms with van der Waals surface area (Å²) in [7, 11) is 0. The van der Waals surface area contributed by atoms with Gasteiger partial charge in [-0.2, -0.15) is 0 Å². The molecule has 1 amide bonds. The Morgan fingerprint density at radius 3 is 2.38 bits per heavy atom. The number of rotatable bonds is 4. The third-order valence-electron chi connectivity index (χ3n) is 3.79. The fraction of sp³-hybridized carbons (Fsp3) is 0.529. The number of phenolic OH excluding ortho intramolecular Hbond substituents is 1. The first kappa shape index (κ1) is 17.9. The number of nitrogens with zero attached hydrogens (tertiary/aromatic N) is 3. The van der Waals surface area contributed by atoms with Crippen molar-refractivity contribution < 1.29 is 14.6 Å². The van der Waals surface area contributed by atoms with Crippen molar-refractivity contribution >= 4 is 12.1 Å². The molecule has 1 fully saturated rings. The number of aromatic hydroxyl groups is 1. The van der Waals surface area contributed by atoms with Gasteiger partial charge in [-0.1, -0.05) is 12.1 Å². The first-order chi connectivity index (χ1) is 11.6. The second kappa shape index (κ2) is 9.00. The van der Waals surface area contributed by atoms with E-state index < -0.39 is 0 Å². The second-order valence-electron chi connectivity index (χ2n) is 5.51. The molecule has 7 heteroatoms. The number of carbonyl (C=O) groups excluding carboxylic acids is 1. The molecule has 1 aliphatic rings. The first-order valence-electron chi connectivity index (χ1n) is 8.37. The third kappa shape index (κ3) is 5.04. The van der Waals surface area contributed by atoms with Gasteiger partial charge in [0.25, 0.3) is 0 Å². The van der Waals surface area contributed by atoms with Gasteiger partial charge in [-0.3, -0.25) is 0 Å². The number of phenols is 1. The van der Waals surface area contributed by atoms with E-state index in [1.807, 2.05) is 26.0 Å². The van der Waals surface area contributed by atoms with E-state index in [1.165, 1.54) is 0 Å². The molecule has 132 valence electrons. The largest absolute Gasteiger partial charge is 0.508 e. The van der Waals surface area contributed by atoms with E-state index in [0.717, 1.165) is 31.2 Å². The van der Waals surface area contributed by atoms with Crippen molar-refractivity contribution in [2.24, 2.45) is 4.99 Å². The Bertz CT molecular complexity index is 551. The van der Waals surface area contributed by atoms with Crippen molar-refractivity contribution in [2.45, 2.75) is 20.4 Å². The fourth-order valence-electron chi connectivity index (χ4n) is 2.51. The lowest BCUT2D eigenvalue weighted by molar-refractivity contribution is 0.0914. The predicted molar refractivity (Wildman–Crippen MR) is 93.1 cm³/mol. The summed E-state index contributed by atoms with van der Waals surface area (Å²) in [4.78, 5) is 20.3. The number of carbonyl (C=O) groups is 1. The molecule has 7 nitrogen and oxygen atoms in total. The van der Waals surface area contributed by atoms with Crippen molar-refractivity contribution in [3.8, 4) is 5.75 Å². The van der Waals surface area contributed by atoms with E-state index in [-0.39, 0.29) is 11.8 Å². The molecular weight excluding hydrogens is 308 g/mol. The van der Waals surface area contributed by atoms with Gasteiger partial charge >= 0.3 is 6.09 Å².